The number of benzene rings is 1. The van der Waals surface area contributed by atoms with E-state index < -0.39 is 0 Å². The van der Waals surface area contributed by atoms with Gasteiger partial charge in [-0.15, -0.1) is 5.10 Å². The first-order chi connectivity index (χ1) is 12.2. The van der Waals surface area contributed by atoms with Crippen LogP contribution in [0.3, 0.4) is 0 Å². The molecule has 3 aliphatic heterocycles. The Morgan fingerprint density at radius 2 is 2.04 bits per heavy atom. The predicted octanol–water partition coefficient (Wildman–Crippen LogP) is 2.84. The second-order valence-electron chi connectivity index (χ2n) is 7.14. The highest BCUT2D eigenvalue weighted by Gasteiger charge is 2.38. The van der Waals surface area contributed by atoms with E-state index in [0.717, 1.165) is 49.6 Å². The van der Waals surface area contributed by atoms with Crippen LogP contribution in [0.2, 0.25) is 0 Å². The van der Waals surface area contributed by atoms with Gasteiger partial charge in [0.25, 0.3) is 5.91 Å². The van der Waals surface area contributed by atoms with Crippen molar-refractivity contribution in [1.82, 2.24) is 19.4 Å². The van der Waals surface area contributed by atoms with E-state index in [1.54, 1.807) is 0 Å². The Bertz CT molecular complexity index is 732. The van der Waals surface area contributed by atoms with Crippen LogP contribution in [0.5, 0.6) is 0 Å². The molecule has 3 fully saturated rings. The standard InChI is InChI=1S/C19H24N4OS/c1-2-17-18(25-21-20-17)19(24)23-12-15-8-9-16(23)13-22(11-15)10-14-6-4-3-5-7-14/h3-7,15-16H,2,8-13H2,1H3/t15-,16+/m0/s1. The Balaban J connectivity index is 1.50. The first-order valence-corrected chi connectivity index (χ1v) is 9.90. The zero-order valence-electron chi connectivity index (χ0n) is 14.6. The zero-order valence-corrected chi connectivity index (χ0v) is 15.4. The van der Waals surface area contributed by atoms with Crippen molar-refractivity contribution >= 4 is 17.4 Å². The van der Waals surface area contributed by atoms with Gasteiger partial charge in [-0.05, 0) is 42.3 Å². The lowest BCUT2D eigenvalue weighted by Gasteiger charge is -2.36. The lowest BCUT2D eigenvalue weighted by atomic mass is 9.94. The number of nitrogens with zero attached hydrogens (tertiary/aromatic N) is 4. The van der Waals surface area contributed by atoms with Gasteiger partial charge in [-0.1, -0.05) is 41.7 Å². The van der Waals surface area contributed by atoms with Crippen LogP contribution in [0.15, 0.2) is 30.3 Å². The molecule has 132 valence electrons. The van der Waals surface area contributed by atoms with Crippen LogP contribution in [0.25, 0.3) is 0 Å². The normalized spacial score (nSPS) is 23.6. The van der Waals surface area contributed by atoms with Gasteiger partial charge in [0.15, 0.2) is 0 Å². The summed E-state index contributed by atoms with van der Waals surface area (Å²) in [4.78, 5) is 18.5. The van der Waals surface area contributed by atoms with Crippen molar-refractivity contribution in [3.05, 3.63) is 46.5 Å². The molecular formula is C19H24N4OS. The molecule has 2 atom stereocenters. The molecule has 1 aromatic heterocycles. The summed E-state index contributed by atoms with van der Waals surface area (Å²) < 4.78 is 4.00. The molecule has 5 nitrogen and oxygen atoms in total. The fraction of sp³-hybridized carbons (Fsp3) is 0.526. The first kappa shape index (κ1) is 16.7. The Morgan fingerprint density at radius 3 is 2.84 bits per heavy atom. The molecule has 4 heterocycles. The number of fused-ring (bicyclic) bond motifs is 4. The Labute approximate surface area is 152 Å². The van der Waals surface area contributed by atoms with Crippen molar-refractivity contribution in [2.75, 3.05) is 19.6 Å². The van der Waals surface area contributed by atoms with Crippen molar-refractivity contribution < 1.29 is 4.79 Å². The predicted molar refractivity (Wildman–Crippen MR) is 98.6 cm³/mol. The fourth-order valence-electron chi connectivity index (χ4n) is 4.13. The number of hydrogen-bond donors (Lipinski definition) is 0. The summed E-state index contributed by atoms with van der Waals surface area (Å²) in [7, 11) is 0. The summed E-state index contributed by atoms with van der Waals surface area (Å²) in [6, 6.07) is 10.9. The number of hydrogen-bond acceptors (Lipinski definition) is 5. The van der Waals surface area contributed by atoms with E-state index in [2.05, 4.69) is 49.7 Å². The molecular weight excluding hydrogens is 332 g/mol. The van der Waals surface area contributed by atoms with Gasteiger partial charge in [0.05, 0.1) is 5.69 Å². The smallest absolute Gasteiger partial charge is 0.267 e. The van der Waals surface area contributed by atoms with Gasteiger partial charge in [-0.2, -0.15) is 0 Å². The van der Waals surface area contributed by atoms with Gasteiger partial charge in [-0.25, -0.2) is 0 Å². The van der Waals surface area contributed by atoms with Crippen LogP contribution >= 0.6 is 11.5 Å². The summed E-state index contributed by atoms with van der Waals surface area (Å²) in [6.45, 7) is 5.92. The van der Waals surface area contributed by atoms with Gasteiger partial charge < -0.3 is 4.90 Å². The molecule has 25 heavy (non-hydrogen) atoms. The van der Waals surface area contributed by atoms with Crippen molar-refractivity contribution in [1.29, 1.82) is 0 Å². The maximum absolute atomic E-state index is 13.1. The number of aromatic nitrogens is 2. The molecule has 2 aromatic rings. The SMILES string of the molecule is CCc1nnsc1C(=O)N1C[C@H]2CC[C@@H]1CN(Cc1ccccc1)C2. The average Bonchev–Trinajstić information content (AvgIpc) is 2.95. The molecule has 0 spiro atoms. The zero-order chi connectivity index (χ0) is 17.2. The highest BCUT2D eigenvalue weighted by atomic mass is 32.1. The van der Waals surface area contributed by atoms with Crippen molar-refractivity contribution in [3.8, 4) is 0 Å². The Kier molecular flexibility index (Phi) is 4.81. The molecule has 6 heteroatoms. The number of amides is 1. The maximum atomic E-state index is 13.1. The molecule has 0 aliphatic carbocycles. The number of carbonyl (C=O) groups is 1. The number of rotatable bonds is 4. The molecule has 0 saturated carbocycles. The lowest BCUT2D eigenvalue weighted by molar-refractivity contribution is 0.0588. The van der Waals surface area contributed by atoms with E-state index >= 15 is 0 Å². The highest BCUT2D eigenvalue weighted by molar-refractivity contribution is 7.08. The van der Waals surface area contributed by atoms with Gasteiger partial charge >= 0.3 is 0 Å². The summed E-state index contributed by atoms with van der Waals surface area (Å²) >= 11 is 1.25. The highest BCUT2D eigenvalue weighted by Crippen LogP contribution is 2.30. The monoisotopic (exact) mass is 356 g/mol. The minimum atomic E-state index is 0.142. The topological polar surface area (TPSA) is 49.3 Å². The molecule has 2 bridgehead atoms. The minimum absolute atomic E-state index is 0.142. The second-order valence-corrected chi connectivity index (χ2v) is 7.89. The van der Waals surface area contributed by atoms with E-state index in [9.17, 15) is 4.79 Å². The molecule has 1 amide bonds. The first-order valence-electron chi connectivity index (χ1n) is 9.13. The van der Waals surface area contributed by atoms with Gasteiger partial charge in [-0.3, -0.25) is 9.69 Å². The van der Waals surface area contributed by atoms with Crippen LogP contribution in [0.4, 0.5) is 0 Å². The van der Waals surface area contributed by atoms with E-state index in [-0.39, 0.29) is 5.91 Å². The summed E-state index contributed by atoms with van der Waals surface area (Å²) in [5, 5.41) is 4.12. The van der Waals surface area contributed by atoms with Gasteiger partial charge in [0, 0.05) is 32.2 Å². The quantitative estimate of drug-likeness (QED) is 0.845. The van der Waals surface area contributed by atoms with Crippen LogP contribution in [-0.4, -0.2) is 51.0 Å². The average molecular weight is 356 g/mol. The number of piperidine rings is 1. The van der Waals surface area contributed by atoms with Gasteiger partial charge in [0.1, 0.15) is 4.88 Å². The maximum Gasteiger partial charge on any atom is 0.267 e. The van der Waals surface area contributed by atoms with E-state index in [1.807, 2.05) is 6.92 Å². The summed E-state index contributed by atoms with van der Waals surface area (Å²) in [5.41, 5.74) is 2.19. The number of aryl methyl sites for hydroxylation is 1. The van der Waals surface area contributed by atoms with E-state index in [1.165, 1.54) is 23.5 Å². The minimum Gasteiger partial charge on any atom is -0.333 e. The molecule has 3 saturated heterocycles. The number of carbonyl (C=O) groups excluding carboxylic acids is 1. The molecule has 0 radical (unpaired) electrons. The molecule has 3 aliphatic rings. The van der Waals surface area contributed by atoms with Crippen LogP contribution in [-0.2, 0) is 13.0 Å². The Hall–Kier alpha value is -1.79. The van der Waals surface area contributed by atoms with Crippen LogP contribution in [0.1, 0.15) is 40.7 Å². The lowest BCUT2D eigenvalue weighted by Crippen LogP contribution is -2.47. The third-order valence-electron chi connectivity index (χ3n) is 5.38. The van der Waals surface area contributed by atoms with Crippen molar-refractivity contribution in [3.63, 3.8) is 0 Å². The van der Waals surface area contributed by atoms with Gasteiger partial charge in [0.2, 0.25) is 0 Å². The third-order valence-corrected chi connectivity index (χ3v) is 6.14. The fourth-order valence-corrected chi connectivity index (χ4v) is 4.84. The second kappa shape index (κ2) is 7.22. The molecule has 1 aromatic carbocycles. The van der Waals surface area contributed by atoms with Crippen LogP contribution < -0.4 is 0 Å². The molecule has 5 rings (SSSR count). The summed E-state index contributed by atoms with van der Waals surface area (Å²) in [6.07, 6.45) is 3.09. The van der Waals surface area contributed by atoms with E-state index in [0.29, 0.717) is 12.0 Å². The molecule has 0 unspecified atom stereocenters. The van der Waals surface area contributed by atoms with Crippen molar-refractivity contribution in [2.45, 2.75) is 38.8 Å². The third kappa shape index (κ3) is 3.46. The largest absolute Gasteiger partial charge is 0.333 e. The van der Waals surface area contributed by atoms with E-state index in [4.69, 9.17) is 0 Å². The Morgan fingerprint density at radius 1 is 1.20 bits per heavy atom. The van der Waals surface area contributed by atoms with Crippen molar-refractivity contribution in [2.24, 2.45) is 5.92 Å². The van der Waals surface area contributed by atoms with Crippen LogP contribution in [0, 0.1) is 5.92 Å². The molecule has 0 N–H and O–H groups in total. The summed E-state index contributed by atoms with van der Waals surface area (Å²) in [5.74, 6) is 0.709.